The standard InChI is InChI=1S/C16H26FN3O3.C3H8.CH3.W/c1-15(2,18(3)4)7-6-13(22)20-10-8-16(17,9-11-20)14(23)19(5)12-21;1-3-2;;/h21H,8-12H2,1-5H3;3H2,1-2H3;1H3;/q;;-1;. The van der Waals surface area contributed by atoms with Gasteiger partial charge in [-0.05, 0) is 33.9 Å². The van der Waals surface area contributed by atoms with Crippen molar-refractivity contribution in [3.8, 4) is 11.8 Å². The summed E-state index contributed by atoms with van der Waals surface area (Å²) in [5, 5.41) is 8.93. The number of hydrogen-bond donors (Lipinski definition) is 1. The van der Waals surface area contributed by atoms with Gasteiger partial charge in [-0.2, -0.15) is 0 Å². The Bertz CT molecular complexity index is 537. The fourth-order valence-electron chi connectivity index (χ4n) is 2.08. The van der Waals surface area contributed by atoms with Crippen LogP contribution in [0.25, 0.3) is 0 Å². The normalized spacial score (nSPS) is 15.0. The fraction of sp³-hybridized carbons (Fsp3) is 0.750. The van der Waals surface area contributed by atoms with Gasteiger partial charge in [-0.25, -0.2) is 4.39 Å². The summed E-state index contributed by atoms with van der Waals surface area (Å²) in [5.41, 5.74) is -2.46. The zero-order valence-corrected chi connectivity index (χ0v) is 21.6. The van der Waals surface area contributed by atoms with Crippen LogP contribution in [0.3, 0.4) is 0 Å². The molecule has 1 aliphatic heterocycles. The van der Waals surface area contributed by atoms with Crippen molar-refractivity contribution in [3.05, 3.63) is 7.43 Å². The molecule has 8 heteroatoms. The summed E-state index contributed by atoms with van der Waals surface area (Å²) in [5.74, 6) is 4.41. The Morgan fingerprint density at radius 1 is 1.18 bits per heavy atom. The summed E-state index contributed by atoms with van der Waals surface area (Å²) in [7, 11) is 5.09. The first-order valence-electron chi connectivity index (χ1n) is 9.00. The van der Waals surface area contributed by atoms with Crippen LogP contribution >= 0.6 is 0 Å². The maximum atomic E-state index is 14.6. The predicted molar refractivity (Wildman–Crippen MR) is 107 cm³/mol. The molecular weight excluding hydrogens is 533 g/mol. The van der Waals surface area contributed by atoms with E-state index in [2.05, 4.69) is 25.7 Å². The summed E-state index contributed by atoms with van der Waals surface area (Å²) in [6, 6.07) is 0. The molecule has 1 N–H and O–H groups in total. The molecular formula is C20H37FN3O3W-. The number of aliphatic hydroxyl groups is 1. The zero-order valence-electron chi connectivity index (χ0n) is 18.6. The Hall–Kier alpha value is -0.962. The largest absolute Gasteiger partial charge is 0.376 e. The van der Waals surface area contributed by atoms with Crippen LogP contribution in [-0.2, 0) is 30.7 Å². The molecule has 1 heterocycles. The molecule has 0 saturated carbocycles. The molecule has 0 unspecified atom stereocenters. The molecule has 1 fully saturated rings. The monoisotopic (exact) mass is 570 g/mol. The number of nitrogens with zero attached hydrogens (tertiary/aromatic N) is 3. The number of halogens is 1. The number of aliphatic hydroxyl groups excluding tert-OH is 1. The van der Waals surface area contributed by atoms with Crippen LogP contribution in [0.1, 0.15) is 47.0 Å². The number of amides is 2. The van der Waals surface area contributed by atoms with E-state index in [0.29, 0.717) is 0 Å². The summed E-state index contributed by atoms with van der Waals surface area (Å²) >= 11 is 0. The molecule has 0 spiro atoms. The Morgan fingerprint density at radius 3 is 1.96 bits per heavy atom. The van der Waals surface area contributed by atoms with E-state index in [1.165, 1.54) is 18.4 Å². The van der Waals surface area contributed by atoms with Gasteiger partial charge in [-0.3, -0.25) is 14.5 Å². The molecule has 6 nitrogen and oxygen atoms in total. The van der Waals surface area contributed by atoms with Crippen molar-refractivity contribution in [1.29, 1.82) is 0 Å². The molecule has 0 bridgehead atoms. The number of likely N-dealkylation sites (tertiary alicyclic amines) is 1. The Balaban J connectivity index is -0.00000117. The van der Waals surface area contributed by atoms with Crippen LogP contribution in [0.5, 0.6) is 0 Å². The van der Waals surface area contributed by atoms with Gasteiger partial charge in [0.15, 0.2) is 5.67 Å². The fourth-order valence-corrected chi connectivity index (χ4v) is 2.08. The first kappa shape index (κ1) is 31.7. The van der Waals surface area contributed by atoms with E-state index in [9.17, 15) is 14.0 Å². The Morgan fingerprint density at radius 2 is 1.61 bits per heavy atom. The molecule has 0 radical (unpaired) electrons. The number of rotatable bonds is 3. The van der Waals surface area contributed by atoms with Gasteiger partial charge in [-0.15, -0.1) is 0 Å². The van der Waals surface area contributed by atoms with Crippen LogP contribution in [0.4, 0.5) is 4.39 Å². The Labute approximate surface area is 185 Å². The van der Waals surface area contributed by atoms with Crippen molar-refractivity contribution in [2.45, 2.75) is 58.2 Å². The van der Waals surface area contributed by atoms with Crippen LogP contribution in [0.15, 0.2) is 0 Å². The van der Waals surface area contributed by atoms with Crippen molar-refractivity contribution in [3.63, 3.8) is 0 Å². The molecule has 0 aliphatic carbocycles. The van der Waals surface area contributed by atoms with Gasteiger partial charge in [0.05, 0.1) is 5.54 Å². The van der Waals surface area contributed by atoms with Crippen LogP contribution in [0, 0.1) is 19.3 Å². The van der Waals surface area contributed by atoms with Gasteiger partial charge in [-0.1, -0.05) is 26.2 Å². The molecule has 1 aliphatic rings. The van der Waals surface area contributed by atoms with Crippen molar-refractivity contribution in [1.82, 2.24) is 14.7 Å². The Kier molecular flexibility index (Phi) is 16.0. The van der Waals surface area contributed by atoms with E-state index >= 15 is 0 Å². The minimum atomic E-state index is -2.02. The second-order valence-electron chi connectivity index (χ2n) is 7.31. The van der Waals surface area contributed by atoms with E-state index in [1.807, 2.05) is 32.8 Å². The number of carbonyl (C=O) groups is 2. The topological polar surface area (TPSA) is 64.1 Å². The minimum absolute atomic E-state index is 0. The molecule has 2 amide bonds. The number of hydrogen-bond acceptors (Lipinski definition) is 4. The number of carbonyl (C=O) groups excluding carboxylic acids is 2. The molecule has 0 aromatic rings. The predicted octanol–water partition coefficient (Wildman–Crippen LogP) is 1.93. The van der Waals surface area contributed by atoms with Gasteiger partial charge >= 0.3 is 0 Å². The first-order chi connectivity index (χ1) is 11.9. The molecule has 0 atom stereocenters. The second kappa shape index (κ2) is 14.1. The zero-order chi connectivity index (χ0) is 20.5. The minimum Gasteiger partial charge on any atom is -0.376 e. The molecule has 28 heavy (non-hydrogen) atoms. The van der Waals surface area contributed by atoms with Crippen molar-refractivity contribution < 1.29 is 40.2 Å². The van der Waals surface area contributed by atoms with Crippen LogP contribution < -0.4 is 0 Å². The smallest absolute Gasteiger partial charge is 0.298 e. The van der Waals surface area contributed by atoms with Gasteiger partial charge in [0.25, 0.3) is 11.8 Å². The quantitative estimate of drug-likeness (QED) is 0.320. The van der Waals surface area contributed by atoms with E-state index in [0.717, 1.165) is 4.90 Å². The van der Waals surface area contributed by atoms with Gasteiger partial charge < -0.3 is 22.3 Å². The van der Waals surface area contributed by atoms with Gasteiger partial charge in [0.2, 0.25) is 0 Å². The third-order valence-corrected chi connectivity index (χ3v) is 4.38. The third-order valence-electron chi connectivity index (χ3n) is 4.38. The summed E-state index contributed by atoms with van der Waals surface area (Å²) in [6.07, 6.45) is 1.08. The van der Waals surface area contributed by atoms with E-state index in [-0.39, 0.29) is 60.3 Å². The number of alkyl halides is 1. The van der Waals surface area contributed by atoms with Crippen molar-refractivity contribution in [2.24, 2.45) is 0 Å². The average Bonchev–Trinajstić information content (AvgIpc) is 2.59. The van der Waals surface area contributed by atoms with Crippen LogP contribution in [0.2, 0.25) is 0 Å². The molecule has 0 aromatic heterocycles. The summed E-state index contributed by atoms with van der Waals surface area (Å²) < 4.78 is 14.6. The second-order valence-corrected chi connectivity index (χ2v) is 7.31. The molecule has 0 aromatic carbocycles. The maximum Gasteiger partial charge on any atom is 0.298 e. The average molecular weight is 570 g/mol. The molecule has 1 saturated heterocycles. The van der Waals surface area contributed by atoms with E-state index < -0.39 is 23.8 Å². The van der Waals surface area contributed by atoms with Crippen LogP contribution in [-0.4, -0.2) is 83.8 Å². The number of piperidine rings is 1. The molecule has 164 valence electrons. The third kappa shape index (κ3) is 9.49. The van der Waals surface area contributed by atoms with Crippen molar-refractivity contribution >= 4 is 11.8 Å². The summed E-state index contributed by atoms with van der Waals surface area (Å²) in [4.78, 5) is 28.3. The van der Waals surface area contributed by atoms with Crippen molar-refractivity contribution in [2.75, 3.05) is 41.0 Å². The first-order valence-corrected chi connectivity index (χ1v) is 9.00. The maximum absolute atomic E-state index is 14.6. The van der Waals surface area contributed by atoms with Gasteiger partial charge in [0.1, 0.15) is 6.73 Å². The van der Waals surface area contributed by atoms with E-state index in [4.69, 9.17) is 5.11 Å². The van der Waals surface area contributed by atoms with Gasteiger partial charge in [0, 0.05) is 54.0 Å². The molecule has 1 rings (SSSR count). The SMILES string of the molecule is CCC.CN(CO)C(=O)C1(F)CCN(C(=O)C#CC(C)(C)N(C)C)CC1.[CH3-].[W]. The van der Waals surface area contributed by atoms with E-state index in [1.54, 1.807) is 0 Å². The summed E-state index contributed by atoms with van der Waals surface area (Å²) in [6.45, 7) is 7.80.